The van der Waals surface area contributed by atoms with Gasteiger partial charge in [-0.25, -0.2) is 4.90 Å². The van der Waals surface area contributed by atoms with Crippen LogP contribution in [0.25, 0.3) is 5.57 Å². The first kappa shape index (κ1) is 20.7. The molecule has 2 amide bonds. The van der Waals surface area contributed by atoms with Gasteiger partial charge in [-0.15, -0.1) is 11.3 Å². The molecule has 4 rings (SSSR count). The average molecular weight is 435 g/mol. The summed E-state index contributed by atoms with van der Waals surface area (Å²) in [6, 6.07) is 16.4. The highest BCUT2D eigenvalue weighted by molar-refractivity contribution is 7.11. The van der Waals surface area contributed by atoms with E-state index in [-0.39, 0.29) is 11.6 Å². The minimum absolute atomic E-state index is 0.218. The number of ether oxygens (including phenoxy) is 2. The van der Waals surface area contributed by atoms with Gasteiger partial charge < -0.3 is 14.8 Å². The van der Waals surface area contributed by atoms with Crippen LogP contribution in [0, 0.1) is 0 Å². The molecule has 2 heterocycles. The highest BCUT2D eigenvalue weighted by atomic mass is 32.1. The second-order valence-corrected chi connectivity index (χ2v) is 7.83. The van der Waals surface area contributed by atoms with Crippen LogP contribution in [-0.2, 0) is 16.0 Å². The van der Waals surface area contributed by atoms with E-state index in [0.717, 1.165) is 16.9 Å². The van der Waals surface area contributed by atoms with Crippen molar-refractivity contribution < 1.29 is 19.1 Å². The Morgan fingerprint density at radius 3 is 2.35 bits per heavy atom. The number of nitrogens with zero attached hydrogens (tertiary/aromatic N) is 1. The van der Waals surface area contributed by atoms with E-state index in [1.165, 1.54) is 23.3 Å². The number of carbonyl (C=O) groups is 2. The quantitative estimate of drug-likeness (QED) is 0.545. The summed E-state index contributed by atoms with van der Waals surface area (Å²) >= 11 is 1.41. The van der Waals surface area contributed by atoms with E-state index in [4.69, 9.17) is 9.47 Å². The number of hydrogen-bond donors (Lipinski definition) is 1. The summed E-state index contributed by atoms with van der Waals surface area (Å²) in [4.78, 5) is 28.8. The molecule has 0 fully saturated rings. The molecule has 0 spiro atoms. The summed E-state index contributed by atoms with van der Waals surface area (Å²) in [5.74, 6) is 0.367. The number of aryl methyl sites for hydroxylation is 1. The number of thiophene rings is 1. The lowest BCUT2D eigenvalue weighted by Gasteiger charge is -2.16. The van der Waals surface area contributed by atoms with Gasteiger partial charge in [0.15, 0.2) is 0 Å². The van der Waals surface area contributed by atoms with Crippen molar-refractivity contribution in [3.05, 3.63) is 76.1 Å². The van der Waals surface area contributed by atoms with Crippen molar-refractivity contribution in [2.24, 2.45) is 0 Å². The minimum Gasteiger partial charge on any atom is -0.497 e. The fraction of sp³-hybridized carbons (Fsp3) is 0.167. The molecule has 0 bridgehead atoms. The van der Waals surface area contributed by atoms with Crippen molar-refractivity contribution >= 4 is 40.1 Å². The van der Waals surface area contributed by atoms with Crippen LogP contribution in [0.1, 0.15) is 17.4 Å². The van der Waals surface area contributed by atoms with Crippen LogP contribution in [0.3, 0.4) is 0 Å². The maximum atomic E-state index is 13.4. The molecular formula is C24H22N2O4S. The molecule has 1 aromatic heterocycles. The lowest BCUT2D eigenvalue weighted by atomic mass is 10.1. The summed E-state index contributed by atoms with van der Waals surface area (Å²) in [5.41, 5.74) is 2.81. The first-order chi connectivity index (χ1) is 15.1. The average Bonchev–Trinajstić information content (AvgIpc) is 3.41. The summed E-state index contributed by atoms with van der Waals surface area (Å²) in [5, 5.41) is 5.03. The molecule has 0 saturated heterocycles. The fourth-order valence-electron chi connectivity index (χ4n) is 3.45. The van der Waals surface area contributed by atoms with Gasteiger partial charge in [0, 0.05) is 10.9 Å². The molecule has 0 unspecified atom stereocenters. The van der Waals surface area contributed by atoms with Gasteiger partial charge in [-0.05, 0) is 47.7 Å². The molecule has 1 aliphatic rings. The predicted octanol–water partition coefficient (Wildman–Crippen LogP) is 4.72. The van der Waals surface area contributed by atoms with E-state index in [2.05, 4.69) is 12.2 Å². The molecule has 158 valence electrons. The first-order valence-corrected chi connectivity index (χ1v) is 10.7. The number of methoxy groups -OCH3 is 2. The lowest BCUT2D eigenvalue weighted by molar-refractivity contribution is -0.120. The third-order valence-electron chi connectivity index (χ3n) is 5.12. The van der Waals surface area contributed by atoms with E-state index in [0.29, 0.717) is 28.4 Å². The van der Waals surface area contributed by atoms with Gasteiger partial charge in [0.1, 0.15) is 17.2 Å². The zero-order valence-electron chi connectivity index (χ0n) is 17.5. The van der Waals surface area contributed by atoms with Crippen LogP contribution < -0.4 is 19.7 Å². The van der Waals surface area contributed by atoms with Crippen LogP contribution in [0.4, 0.5) is 11.4 Å². The second-order valence-electron chi connectivity index (χ2n) is 6.88. The monoisotopic (exact) mass is 434 g/mol. The standard InChI is InChI=1S/C24H22N2O4S/c1-4-15-7-9-16(10-8-15)26-23(27)21(20-6-5-13-31-20)22(24(26)28)25-18-12-11-17(29-2)14-19(18)30-3/h5-14,25H,4H2,1-3H3. The van der Waals surface area contributed by atoms with E-state index in [1.807, 2.05) is 29.6 Å². The van der Waals surface area contributed by atoms with Crippen molar-refractivity contribution in [2.75, 3.05) is 24.4 Å². The van der Waals surface area contributed by atoms with Crippen LogP contribution in [0.15, 0.2) is 65.7 Å². The Morgan fingerprint density at radius 1 is 0.968 bits per heavy atom. The Hall–Kier alpha value is -3.58. The Kier molecular flexibility index (Phi) is 5.77. The van der Waals surface area contributed by atoms with Crippen molar-refractivity contribution in [1.29, 1.82) is 0 Å². The maximum absolute atomic E-state index is 13.4. The molecule has 0 radical (unpaired) electrons. The van der Waals surface area contributed by atoms with Gasteiger partial charge >= 0.3 is 0 Å². The van der Waals surface area contributed by atoms with Gasteiger partial charge in [0.2, 0.25) is 0 Å². The molecule has 31 heavy (non-hydrogen) atoms. The molecule has 0 aliphatic carbocycles. The molecule has 0 saturated carbocycles. The molecule has 2 aromatic carbocycles. The van der Waals surface area contributed by atoms with Crippen LogP contribution >= 0.6 is 11.3 Å². The number of carbonyl (C=O) groups excluding carboxylic acids is 2. The smallest absolute Gasteiger partial charge is 0.282 e. The number of rotatable bonds is 7. The van der Waals surface area contributed by atoms with Crippen molar-refractivity contribution in [3.63, 3.8) is 0 Å². The topological polar surface area (TPSA) is 67.9 Å². The highest BCUT2D eigenvalue weighted by Gasteiger charge is 2.41. The number of amides is 2. The molecule has 3 aromatic rings. The molecule has 1 aliphatic heterocycles. The zero-order chi connectivity index (χ0) is 22.0. The number of hydrogen-bond acceptors (Lipinski definition) is 6. The first-order valence-electron chi connectivity index (χ1n) is 9.82. The van der Waals surface area contributed by atoms with Gasteiger partial charge in [0.05, 0.1) is 31.2 Å². The SMILES string of the molecule is CCc1ccc(N2C(=O)C(Nc3ccc(OC)cc3OC)=C(c3cccs3)C2=O)cc1. The zero-order valence-corrected chi connectivity index (χ0v) is 18.3. The van der Waals surface area contributed by atoms with E-state index < -0.39 is 5.91 Å². The third-order valence-corrected chi connectivity index (χ3v) is 6.01. The number of imide groups is 1. The molecule has 7 heteroatoms. The van der Waals surface area contributed by atoms with Gasteiger partial charge in [0.25, 0.3) is 11.8 Å². The Balaban J connectivity index is 1.77. The Morgan fingerprint density at radius 2 is 1.74 bits per heavy atom. The van der Waals surface area contributed by atoms with E-state index in [1.54, 1.807) is 37.4 Å². The molecule has 1 N–H and O–H groups in total. The van der Waals surface area contributed by atoms with Crippen LogP contribution in [0.2, 0.25) is 0 Å². The normalized spacial score (nSPS) is 13.7. The van der Waals surface area contributed by atoms with Crippen LogP contribution in [-0.4, -0.2) is 26.0 Å². The largest absolute Gasteiger partial charge is 0.497 e. The summed E-state index contributed by atoms with van der Waals surface area (Å²) in [6.45, 7) is 2.06. The Labute approximate surface area is 184 Å². The highest BCUT2D eigenvalue weighted by Crippen LogP contribution is 2.38. The second kappa shape index (κ2) is 8.65. The fourth-order valence-corrected chi connectivity index (χ4v) is 4.21. The van der Waals surface area contributed by atoms with Crippen molar-refractivity contribution in [2.45, 2.75) is 13.3 Å². The summed E-state index contributed by atoms with van der Waals surface area (Å²) in [7, 11) is 3.11. The summed E-state index contributed by atoms with van der Waals surface area (Å²) < 4.78 is 10.7. The molecule has 6 nitrogen and oxygen atoms in total. The van der Waals surface area contributed by atoms with Crippen molar-refractivity contribution in [1.82, 2.24) is 0 Å². The predicted molar refractivity (Wildman–Crippen MR) is 123 cm³/mol. The summed E-state index contributed by atoms with van der Waals surface area (Å²) in [6.07, 6.45) is 0.880. The van der Waals surface area contributed by atoms with Gasteiger partial charge in [-0.1, -0.05) is 25.1 Å². The number of nitrogens with one attached hydrogen (secondary N) is 1. The van der Waals surface area contributed by atoms with E-state index >= 15 is 0 Å². The maximum Gasteiger partial charge on any atom is 0.282 e. The lowest BCUT2D eigenvalue weighted by Crippen LogP contribution is -2.32. The van der Waals surface area contributed by atoms with E-state index in [9.17, 15) is 9.59 Å². The molecular weight excluding hydrogens is 412 g/mol. The van der Waals surface area contributed by atoms with Gasteiger partial charge in [-0.3, -0.25) is 9.59 Å². The minimum atomic E-state index is -0.407. The number of anilines is 2. The third kappa shape index (κ3) is 3.80. The molecule has 0 atom stereocenters. The van der Waals surface area contributed by atoms with Gasteiger partial charge in [-0.2, -0.15) is 0 Å². The van der Waals surface area contributed by atoms with Crippen LogP contribution in [0.5, 0.6) is 11.5 Å². The number of benzene rings is 2. The van der Waals surface area contributed by atoms with Crippen molar-refractivity contribution in [3.8, 4) is 11.5 Å². The Bertz CT molecular complexity index is 1150.